The molecule has 0 aliphatic rings. The van der Waals surface area contributed by atoms with Crippen molar-refractivity contribution in [1.29, 1.82) is 0 Å². The first-order valence-corrected chi connectivity index (χ1v) is 6.82. The number of methoxy groups -OCH3 is 1. The van der Waals surface area contributed by atoms with Crippen LogP contribution >= 0.6 is 0 Å². The van der Waals surface area contributed by atoms with E-state index in [9.17, 15) is 4.79 Å². The summed E-state index contributed by atoms with van der Waals surface area (Å²) in [5.41, 5.74) is 2.47. The molecule has 0 radical (unpaired) electrons. The summed E-state index contributed by atoms with van der Waals surface area (Å²) in [6, 6.07) is 0. The first kappa shape index (κ1) is 18.6. The Balaban J connectivity index is 3.67. The van der Waals surface area contributed by atoms with Gasteiger partial charge in [0.25, 0.3) is 0 Å². The zero-order valence-electron chi connectivity index (χ0n) is 12.4. The molecule has 0 aromatic heterocycles. The van der Waals surface area contributed by atoms with Crippen LogP contribution in [-0.2, 0) is 14.3 Å². The molecule has 0 aromatic carbocycles. The van der Waals surface area contributed by atoms with Gasteiger partial charge in [-0.1, -0.05) is 0 Å². The highest BCUT2D eigenvalue weighted by Crippen LogP contribution is 1.84. The standard InChI is InChI=1S/C12H27N5O3/c1-3-20-9-4-6-15-12(17-13)16-7-5-11(18)14-8-10-19-2/h3-10,13H2,1-2H3,(H,14,18)(H2,15,16,17). The number of nitrogens with zero attached hydrogens (tertiary/aromatic N) is 1. The monoisotopic (exact) mass is 289 g/mol. The van der Waals surface area contributed by atoms with Crippen molar-refractivity contribution in [3.05, 3.63) is 0 Å². The van der Waals surface area contributed by atoms with Gasteiger partial charge >= 0.3 is 0 Å². The fourth-order valence-corrected chi connectivity index (χ4v) is 1.33. The minimum Gasteiger partial charge on any atom is -0.383 e. The molecule has 1 amide bonds. The van der Waals surface area contributed by atoms with Crippen LogP contribution in [0.2, 0.25) is 0 Å². The fraction of sp³-hybridized carbons (Fsp3) is 0.833. The molecule has 0 aromatic rings. The van der Waals surface area contributed by atoms with Gasteiger partial charge in [0.15, 0.2) is 0 Å². The number of nitrogens with two attached hydrogens (primary N) is 1. The van der Waals surface area contributed by atoms with Crippen molar-refractivity contribution in [3.63, 3.8) is 0 Å². The van der Waals surface area contributed by atoms with Crippen LogP contribution in [0, 0.1) is 0 Å². The number of carbonyl (C=O) groups is 1. The third kappa shape index (κ3) is 11.7. The maximum atomic E-state index is 11.4. The van der Waals surface area contributed by atoms with Crippen molar-refractivity contribution in [2.24, 2.45) is 10.8 Å². The second-order valence-corrected chi connectivity index (χ2v) is 3.94. The van der Waals surface area contributed by atoms with Crippen LogP contribution < -0.4 is 21.9 Å². The molecular weight excluding hydrogens is 262 g/mol. The lowest BCUT2D eigenvalue weighted by molar-refractivity contribution is -0.121. The van der Waals surface area contributed by atoms with Crippen LogP contribution in [0.25, 0.3) is 0 Å². The molecule has 0 aliphatic heterocycles. The molecule has 20 heavy (non-hydrogen) atoms. The molecule has 0 fully saturated rings. The van der Waals surface area contributed by atoms with Crippen molar-refractivity contribution >= 4 is 11.9 Å². The molecule has 5 N–H and O–H groups in total. The number of aliphatic imine (C=N–C) groups is 1. The summed E-state index contributed by atoms with van der Waals surface area (Å²) in [5.74, 6) is 5.78. The molecule has 0 heterocycles. The Hall–Kier alpha value is -1.38. The minimum absolute atomic E-state index is 0.0396. The molecule has 0 saturated carbocycles. The van der Waals surface area contributed by atoms with Crippen LogP contribution in [0.4, 0.5) is 0 Å². The zero-order chi connectivity index (χ0) is 15.1. The summed E-state index contributed by atoms with van der Waals surface area (Å²) >= 11 is 0. The van der Waals surface area contributed by atoms with E-state index in [1.807, 2.05) is 6.92 Å². The highest BCUT2D eigenvalue weighted by Gasteiger charge is 2.01. The van der Waals surface area contributed by atoms with Gasteiger partial charge in [-0.3, -0.25) is 15.2 Å². The van der Waals surface area contributed by atoms with Gasteiger partial charge in [-0.15, -0.1) is 0 Å². The number of amides is 1. The highest BCUT2D eigenvalue weighted by molar-refractivity contribution is 5.80. The predicted octanol–water partition coefficient (Wildman–Crippen LogP) is -1.03. The lowest BCUT2D eigenvalue weighted by Crippen LogP contribution is -2.43. The predicted molar refractivity (Wildman–Crippen MR) is 78.2 cm³/mol. The number of nitrogens with one attached hydrogen (secondary N) is 3. The Kier molecular flexibility index (Phi) is 13.1. The van der Waals surface area contributed by atoms with E-state index in [-0.39, 0.29) is 5.91 Å². The zero-order valence-corrected chi connectivity index (χ0v) is 12.4. The maximum absolute atomic E-state index is 11.4. The molecule has 0 bridgehead atoms. The average molecular weight is 289 g/mol. The van der Waals surface area contributed by atoms with Gasteiger partial charge in [-0.25, -0.2) is 5.84 Å². The summed E-state index contributed by atoms with van der Waals surface area (Å²) in [6.07, 6.45) is 1.18. The third-order valence-electron chi connectivity index (χ3n) is 2.33. The average Bonchev–Trinajstić information content (AvgIpc) is 2.45. The van der Waals surface area contributed by atoms with Gasteiger partial charge in [0.05, 0.1) is 6.61 Å². The molecule has 0 saturated heterocycles. The summed E-state index contributed by atoms with van der Waals surface area (Å²) < 4.78 is 10.0. The summed E-state index contributed by atoms with van der Waals surface area (Å²) in [5, 5.41) is 5.69. The maximum Gasteiger partial charge on any atom is 0.221 e. The molecule has 8 heteroatoms. The van der Waals surface area contributed by atoms with Crippen LogP contribution in [-0.4, -0.2) is 58.4 Å². The van der Waals surface area contributed by atoms with Gasteiger partial charge < -0.3 is 20.1 Å². The van der Waals surface area contributed by atoms with Crippen molar-refractivity contribution in [3.8, 4) is 0 Å². The third-order valence-corrected chi connectivity index (χ3v) is 2.33. The topological polar surface area (TPSA) is 110 Å². The second kappa shape index (κ2) is 14.0. The number of carbonyl (C=O) groups excluding carboxylic acids is 1. The van der Waals surface area contributed by atoms with E-state index in [0.717, 1.165) is 6.42 Å². The van der Waals surface area contributed by atoms with Gasteiger partial charge in [0.1, 0.15) is 0 Å². The Labute approximate surface area is 120 Å². The second-order valence-electron chi connectivity index (χ2n) is 3.94. The van der Waals surface area contributed by atoms with E-state index in [1.165, 1.54) is 0 Å². The number of ether oxygens (including phenoxy) is 2. The minimum atomic E-state index is -0.0396. The SMILES string of the molecule is CCOCCCN=C(NN)NCCC(=O)NCCOC. The molecule has 0 aliphatic carbocycles. The first-order chi connectivity index (χ1) is 9.74. The van der Waals surface area contributed by atoms with Crippen LogP contribution in [0.5, 0.6) is 0 Å². The molecular formula is C12H27N5O3. The lowest BCUT2D eigenvalue weighted by atomic mass is 10.4. The summed E-state index contributed by atoms with van der Waals surface area (Å²) in [4.78, 5) is 15.6. The fourth-order valence-electron chi connectivity index (χ4n) is 1.33. The van der Waals surface area contributed by atoms with Crippen molar-refractivity contribution in [2.75, 3.05) is 46.6 Å². The Morgan fingerprint density at radius 1 is 1.25 bits per heavy atom. The largest absolute Gasteiger partial charge is 0.383 e. The van der Waals surface area contributed by atoms with Crippen LogP contribution in [0.1, 0.15) is 19.8 Å². The highest BCUT2D eigenvalue weighted by atomic mass is 16.5. The van der Waals surface area contributed by atoms with E-state index in [4.69, 9.17) is 15.3 Å². The van der Waals surface area contributed by atoms with Crippen molar-refractivity contribution < 1.29 is 14.3 Å². The Bertz CT molecular complexity index is 274. The van der Waals surface area contributed by atoms with E-state index in [2.05, 4.69) is 21.1 Å². The Morgan fingerprint density at radius 3 is 2.70 bits per heavy atom. The lowest BCUT2D eigenvalue weighted by Gasteiger charge is -2.09. The molecule has 8 nitrogen and oxygen atoms in total. The number of hydrogen-bond donors (Lipinski definition) is 4. The quantitative estimate of drug-likeness (QED) is 0.127. The van der Waals surface area contributed by atoms with E-state index >= 15 is 0 Å². The molecule has 118 valence electrons. The normalized spacial score (nSPS) is 11.2. The van der Waals surface area contributed by atoms with E-state index < -0.39 is 0 Å². The summed E-state index contributed by atoms with van der Waals surface area (Å²) in [7, 11) is 1.59. The molecule has 0 rings (SSSR count). The van der Waals surface area contributed by atoms with Crippen molar-refractivity contribution in [2.45, 2.75) is 19.8 Å². The number of guanidine groups is 1. The summed E-state index contributed by atoms with van der Waals surface area (Å²) in [6.45, 7) is 5.45. The molecule has 0 unspecified atom stereocenters. The first-order valence-electron chi connectivity index (χ1n) is 6.82. The smallest absolute Gasteiger partial charge is 0.221 e. The van der Waals surface area contributed by atoms with E-state index in [1.54, 1.807) is 7.11 Å². The van der Waals surface area contributed by atoms with Crippen molar-refractivity contribution in [1.82, 2.24) is 16.1 Å². The van der Waals surface area contributed by atoms with Gasteiger partial charge in [-0.05, 0) is 13.3 Å². The number of rotatable bonds is 11. The van der Waals surface area contributed by atoms with Crippen LogP contribution in [0.15, 0.2) is 4.99 Å². The van der Waals surface area contributed by atoms with Gasteiger partial charge in [0.2, 0.25) is 11.9 Å². The number of hydrazine groups is 1. The van der Waals surface area contributed by atoms with Crippen LogP contribution in [0.3, 0.4) is 0 Å². The number of hydrogen-bond acceptors (Lipinski definition) is 5. The molecule has 0 atom stereocenters. The van der Waals surface area contributed by atoms with Gasteiger partial charge in [-0.2, -0.15) is 0 Å². The Morgan fingerprint density at radius 2 is 2.05 bits per heavy atom. The van der Waals surface area contributed by atoms with Gasteiger partial charge in [0, 0.05) is 46.4 Å². The molecule has 0 spiro atoms. The van der Waals surface area contributed by atoms with E-state index in [0.29, 0.717) is 51.8 Å².